The van der Waals surface area contributed by atoms with Crippen LogP contribution >= 0.6 is 31.9 Å². The third kappa shape index (κ3) is 4.06. The van der Waals surface area contributed by atoms with Gasteiger partial charge in [0.2, 0.25) is 9.84 Å². The third-order valence-electron chi connectivity index (χ3n) is 4.04. The number of benzene rings is 2. The zero-order valence-electron chi connectivity index (χ0n) is 14.5. The van der Waals surface area contributed by atoms with Crippen molar-refractivity contribution in [1.29, 1.82) is 0 Å². The van der Waals surface area contributed by atoms with Crippen LogP contribution in [0.5, 0.6) is 0 Å². The summed E-state index contributed by atoms with van der Waals surface area (Å²) >= 11 is 6.74. The summed E-state index contributed by atoms with van der Waals surface area (Å²) in [6.45, 7) is 0.189. The second-order valence-electron chi connectivity index (χ2n) is 5.97. The van der Waals surface area contributed by atoms with Gasteiger partial charge in [-0.25, -0.2) is 17.8 Å². The van der Waals surface area contributed by atoms with Crippen molar-refractivity contribution in [2.75, 3.05) is 5.33 Å². The Morgan fingerprint density at radius 2 is 1.50 bits per heavy atom. The number of para-hydroxylation sites is 1. The Kier molecular flexibility index (Phi) is 6.36. The molecule has 9 heteroatoms. The highest BCUT2D eigenvalue weighted by Crippen LogP contribution is 2.18. The van der Waals surface area contributed by atoms with Crippen molar-refractivity contribution in [3.8, 4) is 5.69 Å². The van der Waals surface area contributed by atoms with Crippen LogP contribution in [0.2, 0.25) is 0 Å². The Hall–Kier alpha value is -1.97. The highest BCUT2D eigenvalue weighted by atomic mass is 79.9. The fourth-order valence-electron chi connectivity index (χ4n) is 2.69. The maximum atomic E-state index is 13.1. The van der Waals surface area contributed by atoms with Gasteiger partial charge in [0.05, 0.1) is 10.6 Å². The number of rotatable bonds is 6. The maximum absolute atomic E-state index is 13.1. The first-order valence-corrected chi connectivity index (χ1v) is 11.8. The van der Waals surface area contributed by atoms with E-state index in [2.05, 4.69) is 31.9 Å². The van der Waals surface area contributed by atoms with Crippen LogP contribution in [0, 0.1) is 0 Å². The van der Waals surface area contributed by atoms with E-state index in [0.29, 0.717) is 11.0 Å². The lowest BCUT2D eigenvalue weighted by Gasteiger charge is -2.15. The number of alkyl halides is 2. The fraction of sp³-hybridized carbons (Fsp3) is 0.158. The van der Waals surface area contributed by atoms with Gasteiger partial charge in [0, 0.05) is 22.9 Å². The molecule has 0 aliphatic rings. The molecule has 0 saturated carbocycles. The van der Waals surface area contributed by atoms with Gasteiger partial charge in [-0.05, 0) is 24.3 Å². The zero-order valence-corrected chi connectivity index (χ0v) is 18.5. The van der Waals surface area contributed by atoms with Crippen LogP contribution in [0.25, 0.3) is 5.69 Å². The summed E-state index contributed by atoms with van der Waals surface area (Å²) in [6, 6.07) is 16.0. The fourth-order valence-corrected chi connectivity index (χ4v) is 4.56. The van der Waals surface area contributed by atoms with E-state index in [4.69, 9.17) is 0 Å². The predicted octanol–water partition coefficient (Wildman–Crippen LogP) is 2.99. The number of hydrogen-bond acceptors (Lipinski definition) is 4. The van der Waals surface area contributed by atoms with E-state index in [9.17, 15) is 18.0 Å². The number of aromatic nitrogens is 2. The van der Waals surface area contributed by atoms with Gasteiger partial charge < -0.3 is 0 Å². The molecule has 0 aliphatic carbocycles. The Balaban J connectivity index is 2.33. The van der Waals surface area contributed by atoms with Crippen LogP contribution < -0.4 is 11.2 Å². The van der Waals surface area contributed by atoms with Crippen LogP contribution in [0.1, 0.15) is 0 Å². The Morgan fingerprint density at radius 1 is 0.929 bits per heavy atom. The molecule has 28 heavy (non-hydrogen) atoms. The summed E-state index contributed by atoms with van der Waals surface area (Å²) in [6.07, 6.45) is 1.13. The van der Waals surface area contributed by atoms with E-state index in [1.165, 1.54) is 16.7 Å². The highest BCUT2D eigenvalue weighted by molar-refractivity contribution is 9.12. The molecule has 2 aromatic carbocycles. The minimum absolute atomic E-state index is 0.00667. The molecule has 6 nitrogen and oxygen atoms in total. The summed E-state index contributed by atoms with van der Waals surface area (Å²) < 4.78 is 28.3. The molecular formula is C19H16Br2N2O4S. The summed E-state index contributed by atoms with van der Waals surface area (Å²) in [7, 11) is -4.10. The maximum Gasteiger partial charge on any atom is 0.335 e. The molecule has 0 fully saturated rings. The van der Waals surface area contributed by atoms with Gasteiger partial charge in [0.25, 0.3) is 5.56 Å². The molecule has 0 N–H and O–H groups in total. The standard InChI is InChI=1S/C19H16Br2N2O4S/c20-11-14(21)12-22-13-17(28(26,27)16-9-5-2-6-10-16)18(24)23(19(22)25)15-7-3-1-4-8-15/h1-10,13-14H,11-12H2. The van der Waals surface area contributed by atoms with Crippen LogP contribution in [0.15, 0.2) is 86.2 Å². The Bertz CT molecular complexity index is 1190. The molecule has 0 radical (unpaired) electrons. The van der Waals surface area contributed by atoms with Crippen molar-refractivity contribution >= 4 is 41.7 Å². The van der Waals surface area contributed by atoms with Crippen LogP contribution in [0.4, 0.5) is 0 Å². The normalized spacial score (nSPS) is 12.6. The highest BCUT2D eigenvalue weighted by Gasteiger charge is 2.26. The summed E-state index contributed by atoms with van der Waals surface area (Å²) in [5.74, 6) is 0. The second kappa shape index (κ2) is 8.59. The Labute approximate surface area is 178 Å². The van der Waals surface area contributed by atoms with E-state index in [1.54, 1.807) is 48.5 Å². The molecule has 1 heterocycles. The van der Waals surface area contributed by atoms with Crippen molar-refractivity contribution in [2.24, 2.45) is 0 Å². The van der Waals surface area contributed by atoms with E-state index in [0.717, 1.165) is 10.8 Å². The van der Waals surface area contributed by atoms with Crippen molar-refractivity contribution in [1.82, 2.24) is 9.13 Å². The van der Waals surface area contributed by atoms with Gasteiger partial charge in [-0.1, -0.05) is 68.3 Å². The number of sulfone groups is 1. The largest absolute Gasteiger partial charge is 0.335 e. The number of halogens is 2. The van der Waals surface area contributed by atoms with E-state index < -0.39 is 26.0 Å². The smallest absolute Gasteiger partial charge is 0.298 e. The first-order valence-electron chi connectivity index (χ1n) is 8.28. The molecule has 0 aliphatic heterocycles. The lowest BCUT2D eigenvalue weighted by molar-refractivity contribution is 0.577. The number of hydrogen-bond donors (Lipinski definition) is 0. The molecule has 0 amide bonds. The van der Waals surface area contributed by atoms with Crippen LogP contribution in [-0.4, -0.2) is 27.7 Å². The summed E-state index contributed by atoms with van der Waals surface area (Å²) in [5.41, 5.74) is -1.17. The SMILES string of the molecule is O=c1c(S(=O)(=O)c2ccccc2)cn(CC(Br)CBr)c(=O)n1-c1ccccc1. The predicted molar refractivity (Wildman–Crippen MR) is 115 cm³/mol. The van der Waals surface area contributed by atoms with Crippen LogP contribution in [0.3, 0.4) is 0 Å². The van der Waals surface area contributed by atoms with E-state index in [-0.39, 0.29) is 16.3 Å². The van der Waals surface area contributed by atoms with Crippen molar-refractivity contribution in [2.45, 2.75) is 21.2 Å². The molecule has 1 atom stereocenters. The van der Waals surface area contributed by atoms with Crippen molar-refractivity contribution in [3.05, 3.63) is 87.7 Å². The zero-order chi connectivity index (χ0) is 20.3. The summed E-state index contributed by atoms with van der Waals surface area (Å²) in [4.78, 5) is 25.4. The van der Waals surface area contributed by atoms with Crippen molar-refractivity contribution < 1.29 is 8.42 Å². The molecule has 146 valence electrons. The molecule has 3 rings (SSSR count). The molecule has 3 aromatic rings. The van der Waals surface area contributed by atoms with Gasteiger partial charge in [-0.15, -0.1) is 0 Å². The minimum atomic E-state index is -4.10. The molecule has 0 bridgehead atoms. The van der Waals surface area contributed by atoms with Gasteiger partial charge >= 0.3 is 5.69 Å². The van der Waals surface area contributed by atoms with E-state index >= 15 is 0 Å². The van der Waals surface area contributed by atoms with Crippen molar-refractivity contribution in [3.63, 3.8) is 0 Å². The molecule has 1 unspecified atom stereocenters. The second-order valence-corrected chi connectivity index (χ2v) is 9.83. The molecule has 0 spiro atoms. The van der Waals surface area contributed by atoms with Crippen LogP contribution in [-0.2, 0) is 16.4 Å². The quantitative estimate of drug-likeness (QED) is 0.462. The molecule has 1 aromatic heterocycles. The third-order valence-corrected chi connectivity index (χ3v) is 8.06. The average molecular weight is 528 g/mol. The average Bonchev–Trinajstić information content (AvgIpc) is 2.71. The Morgan fingerprint density at radius 3 is 2.07 bits per heavy atom. The minimum Gasteiger partial charge on any atom is -0.298 e. The monoisotopic (exact) mass is 526 g/mol. The first-order chi connectivity index (χ1) is 13.4. The molecular weight excluding hydrogens is 512 g/mol. The lowest BCUT2D eigenvalue weighted by Crippen LogP contribution is -2.42. The molecule has 0 saturated heterocycles. The lowest BCUT2D eigenvalue weighted by atomic mass is 10.3. The van der Waals surface area contributed by atoms with Gasteiger partial charge in [0.15, 0.2) is 4.90 Å². The topological polar surface area (TPSA) is 78.1 Å². The first kappa shape index (κ1) is 20.8. The summed E-state index contributed by atoms with van der Waals surface area (Å²) in [5, 5.41) is 0.546. The van der Waals surface area contributed by atoms with E-state index in [1.807, 2.05) is 0 Å². The number of nitrogens with zero attached hydrogens (tertiary/aromatic N) is 2. The van der Waals surface area contributed by atoms with Gasteiger partial charge in [-0.2, -0.15) is 0 Å². The van der Waals surface area contributed by atoms with Gasteiger partial charge in [-0.3, -0.25) is 9.36 Å². The van der Waals surface area contributed by atoms with Gasteiger partial charge in [0.1, 0.15) is 0 Å².